The molecule has 1 aliphatic rings. The van der Waals surface area contributed by atoms with E-state index in [0.717, 1.165) is 0 Å². The Morgan fingerprint density at radius 2 is 1.59 bits per heavy atom. The van der Waals surface area contributed by atoms with Gasteiger partial charge in [-0.1, -0.05) is 0 Å². The van der Waals surface area contributed by atoms with Gasteiger partial charge in [0.2, 0.25) is 0 Å². The zero-order valence-corrected chi connectivity index (χ0v) is 16.8. The Balaban J connectivity index is 2.08. The van der Waals surface area contributed by atoms with Gasteiger partial charge in [-0.2, -0.15) is 0 Å². The number of pyridine rings is 1. The number of aryl methyl sites for hydroxylation is 4. The van der Waals surface area contributed by atoms with Crippen molar-refractivity contribution < 1.29 is 4.57 Å². The van der Waals surface area contributed by atoms with Gasteiger partial charge in [-0.25, -0.2) is 0 Å². The van der Waals surface area contributed by atoms with Gasteiger partial charge in [0.15, 0.2) is 0 Å². The molecule has 1 aliphatic carbocycles. The molecule has 0 amide bonds. The van der Waals surface area contributed by atoms with Crippen molar-refractivity contribution >= 4 is 17.7 Å². The molecule has 0 aliphatic heterocycles. The predicted octanol–water partition coefficient (Wildman–Crippen LogP) is 3.91. The third kappa shape index (κ3) is 3.01. The van der Waals surface area contributed by atoms with E-state index in [2.05, 4.69) is 66.3 Å². The van der Waals surface area contributed by atoms with E-state index in [1.54, 1.807) is 15.5 Å². The SMILES string of the molecule is Cc1cc2c(cc1-c1cc[c]([Ge]([CH3])([CH3])[CH3])c[n+]1C)CCCC2. The van der Waals surface area contributed by atoms with Crippen molar-refractivity contribution in [3.63, 3.8) is 0 Å². The van der Waals surface area contributed by atoms with Gasteiger partial charge in [-0.15, -0.1) is 0 Å². The Bertz CT molecular complexity index is 710. The van der Waals surface area contributed by atoms with Crippen LogP contribution < -0.4 is 8.96 Å². The minimum absolute atomic E-state index is 1.25. The average Bonchev–Trinajstić information content (AvgIpc) is 2.46. The summed E-state index contributed by atoms with van der Waals surface area (Å²) in [6.45, 7) is 2.26. The molecular formula is C20H28GeN+. The van der Waals surface area contributed by atoms with E-state index in [1.807, 2.05) is 0 Å². The van der Waals surface area contributed by atoms with E-state index >= 15 is 0 Å². The first-order valence-electron chi connectivity index (χ1n) is 8.49. The molecule has 2 heteroatoms. The second kappa shape index (κ2) is 5.84. The van der Waals surface area contributed by atoms with Crippen LogP contribution in [0, 0.1) is 6.92 Å². The van der Waals surface area contributed by atoms with Crippen LogP contribution in [-0.2, 0) is 19.9 Å². The Kier molecular flexibility index (Phi) is 4.20. The number of aromatic nitrogens is 1. The van der Waals surface area contributed by atoms with E-state index in [9.17, 15) is 0 Å². The number of benzene rings is 1. The van der Waals surface area contributed by atoms with E-state index in [4.69, 9.17) is 0 Å². The monoisotopic (exact) mass is 356 g/mol. The fourth-order valence-electron chi connectivity index (χ4n) is 3.52. The first-order chi connectivity index (χ1) is 10.4. The molecule has 22 heavy (non-hydrogen) atoms. The summed E-state index contributed by atoms with van der Waals surface area (Å²) < 4.78 is 3.91. The molecule has 0 fully saturated rings. The van der Waals surface area contributed by atoms with Crippen LogP contribution in [-0.4, -0.2) is 13.3 Å². The average molecular weight is 355 g/mol. The first kappa shape index (κ1) is 15.8. The van der Waals surface area contributed by atoms with E-state index in [-0.39, 0.29) is 0 Å². The quantitative estimate of drug-likeness (QED) is 0.568. The van der Waals surface area contributed by atoms with Crippen LogP contribution >= 0.6 is 0 Å². The van der Waals surface area contributed by atoms with E-state index in [0.29, 0.717) is 0 Å². The Labute approximate surface area is 137 Å². The summed E-state index contributed by atoms with van der Waals surface area (Å²) >= 11 is -1.75. The molecule has 1 nitrogen and oxygen atoms in total. The van der Waals surface area contributed by atoms with Gasteiger partial charge < -0.3 is 0 Å². The maximum atomic E-state index is 2.46. The fourth-order valence-corrected chi connectivity index (χ4v) is 5.96. The molecule has 3 rings (SSSR count). The second-order valence-corrected chi connectivity index (χ2v) is 18.5. The van der Waals surface area contributed by atoms with Gasteiger partial charge in [0, 0.05) is 0 Å². The molecule has 1 heterocycles. The summed E-state index contributed by atoms with van der Waals surface area (Å²) in [5, 5.41) is 0. The number of fused-ring (bicyclic) bond motifs is 1. The Morgan fingerprint density at radius 3 is 2.18 bits per heavy atom. The molecule has 0 unspecified atom stereocenters. The van der Waals surface area contributed by atoms with Crippen molar-refractivity contribution in [2.45, 2.75) is 49.9 Å². The molecule has 0 N–H and O–H groups in total. The molecule has 1 aromatic heterocycles. The molecule has 0 bridgehead atoms. The van der Waals surface area contributed by atoms with Gasteiger partial charge in [0.25, 0.3) is 0 Å². The number of hydrogen-bond acceptors (Lipinski definition) is 0. The van der Waals surface area contributed by atoms with Gasteiger partial charge >= 0.3 is 138 Å². The summed E-state index contributed by atoms with van der Waals surface area (Å²) in [4.78, 5) is 0. The van der Waals surface area contributed by atoms with Crippen molar-refractivity contribution in [3.8, 4) is 11.3 Å². The van der Waals surface area contributed by atoms with Gasteiger partial charge in [0.05, 0.1) is 0 Å². The fraction of sp³-hybridized carbons (Fsp3) is 0.450. The summed E-state index contributed by atoms with van der Waals surface area (Å²) in [7, 11) is 2.20. The van der Waals surface area contributed by atoms with Crippen molar-refractivity contribution in [1.29, 1.82) is 0 Å². The molecule has 0 radical (unpaired) electrons. The topological polar surface area (TPSA) is 3.88 Å². The van der Waals surface area contributed by atoms with E-state index < -0.39 is 13.3 Å². The zero-order chi connectivity index (χ0) is 15.9. The summed E-state index contributed by atoms with van der Waals surface area (Å²) in [6.07, 6.45) is 7.58. The second-order valence-electron chi connectivity index (χ2n) is 7.81. The zero-order valence-electron chi connectivity index (χ0n) is 14.7. The molecule has 0 atom stereocenters. The van der Waals surface area contributed by atoms with Crippen LogP contribution in [0.1, 0.15) is 29.5 Å². The summed E-state index contributed by atoms with van der Waals surface area (Å²) in [6, 6.07) is 9.59. The summed E-state index contributed by atoms with van der Waals surface area (Å²) in [5.41, 5.74) is 7.33. The number of rotatable bonds is 2. The molecule has 116 valence electrons. The van der Waals surface area contributed by atoms with Crippen LogP contribution in [0.25, 0.3) is 11.3 Å². The van der Waals surface area contributed by atoms with Gasteiger partial charge in [-0.3, -0.25) is 0 Å². The van der Waals surface area contributed by atoms with E-state index in [1.165, 1.54) is 42.5 Å². The third-order valence-corrected chi connectivity index (χ3v) is 9.22. The van der Waals surface area contributed by atoms with Crippen molar-refractivity contribution in [2.24, 2.45) is 7.05 Å². The normalized spacial score (nSPS) is 14.8. The molecule has 0 spiro atoms. The van der Waals surface area contributed by atoms with Crippen molar-refractivity contribution in [3.05, 3.63) is 47.2 Å². The predicted molar refractivity (Wildman–Crippen MR) is 97.4 cm³/mol. The van der Waals surface area contributed by atoms with Crippen LogP contribution in [0.3, 0.4) is 0 Å². The minimum atomic E-state index is -1.75. The summed E-state index contributed by atoms with van der Waals surface area (Å²) in [5.74, 6) is 7.37. The number of nitrogens with zero attached hydrogens (tertiary/aromatic N) is 1. The van der Waals surface area contributed by atoms with Crippen molar-refractivity contribution in [2.75, 3.05) is 0 Å². The van der Waals surface area contributed by atoms with Crippen LogP contribution in [0.2, 0.25) is 17.3 Å². The Hall–Kier alpha value is -1.09. The van der Waals surface area contributed by atoms with Crippen molar-refractivity contribution in [1.82, 2.24) is 0 Å². The van der Waals surface area contributed by atoms with Gasteiger partial charge in [0.1, 0.15) is 0 Å². The standard InChI is InChI=1S/C20H28GeN/c1-15-12-16-8-6-7-9-17(16)13-19(15)20-11-10-18(14-22(20)5)21(2,3)4/h10-14H,6-9H2,1-5H3/q+1. The first-order valence-corrected chi connectivity index (χ1v) is 15.8. The Morgan fingerprint density at radius 1 is 0.955 bits per heavy atom. The molecule has 0 saturated carbocycles. The molecule has 0 saturated heterocycles. The van der Waals surface area contributed by atoms with Crippen LogP contribution in [0.4, 0.5) is 0 Å². The molecule has 2 aromatic rings. The molecule has 1 aromatic carbocycles. The number of hydrogen-bond donors (Lipinski definition) is 0. The van der Waals surface area contributed by atoms with Crippen LogP contribution in [0.5, 0.6) is 0 Å². The third-order valence-electron chi connectivity index (χ3n) is 4.96. The maximum absolute atomic E-state index is 2.46. The molecular weight excluding hydrogens is 327 g/mol. The van der Waals surface area contributed by atoms with Crippen LogP contribution in [0.15, 0.2) is 30.5 Å². The van der Waals surface area contributed by atoms with Gasteiger partial charge in [-0.05, 0) is 0 Å².